The molecule has 7 nitrogen and oxygen atoms in total. The summed E-state index contributed by atoms with van der Waals surface area (Å²) in [6.45, 7) is 4.57. The van der Waals surface area contributed by atoms with E-state index in [1.165, 1.54) is 7.11 Å². The number of rotatable bonds is 4. The summed E-state index contributed by atoms with van der Waals surface area (Å²) in [5, 5.41) is 3.25. The van der Waals surface area contributed by atoms with Crippen LogP contribution in [-0.2, 0) is 14.3 Å². The number of methoxy groups -OCH3 is 1. The zero-order chi connectivity index (χ0) is 22.7. The Morgan fingerprint density at radius 3 is 2.38 bits per heavy atom. The number of carbonyl (C=O) groups excluding carboxylic acids is 3. The summed E-state index contributed by atoms with van der Waals surface area (Å²) in [6.07, 6.45) is 0.243. The van der Waals surface area contributed by atoms with Crippen LogP contribution >= 0.6 is 0 Å². The van der Waals surface area contributed by atoms with Crippen LogP contribution in [0.5, 0.6) is 0 Å². The highest BCUT2D eigenvalue weighted by atomic mass is 16.5. The van der Waals surface area contributed by atoms with Crippen molar-refractivity contribution in [1.82, 2.24) is 15.1 Å². The van der Waals surface area contributed by atoms with Gasteiger partial charge >= 0.3 is 5.97 Å². The number of piperazine rings is 1. The molecule has 1 N–H and O–H groups in total. The molecular formula is C25H29N3O4. The molecule has 32 heavy (non-hydrogen) atoms. The van der Waals surface area contributed by atoms with Crippen molar-refractivity contribution >= 4 is 17.8 Å². The van der Waals surface area contributed by atoms with Gasteiger partial charge in [0.25, 0.3) is 5.91 Å². The lowest BCUT2D eigenvalue weighted by Gasteiger charge is -2.35. The third-order valence-electron chi connectivity index (χ3n) is 6.35. The maximum absolute atomic E-state index is 13.8. The van der Waals surface area contributed by atoms with Crippen molar-refractivity contribution < 1.29 is 19.1 Å². The summed E-state index contributed by atoms with van der Waals surface area (Å²) in [5.41, 5.74) is 2.35. The second-order valence-electron chi connectivity index (χ2n) is 8.39. The molecule has 0 aliphatic carbocycles. The molecule has 2 aromatic carbocycles. The van der Waals surface area contributed by atoms with E-state index in [0.29, 0.717) is 31.7 Å². The van der Waals surface area contributed by atoms with Crippen molar-refractivity contribution in [2.24, 2.45) is 5.92 Å². The Hall–Kier alpha value is -3.19. The molecule has 2 aliphatic heterocycles. The van der Waals surface area contributed by atoms with Crippen LogP contribution in [0.3, 0.4) is 0 Å². The van der Waals surface area contributed by atoms with Crippen LogP contribution in [0.25, 0.3) is 0 Å². The molecule has 2 fully saturated rings. The van der Waals surface area contributed by atoms with E-state index >= 15 is 0 Å². The first kappa shape index (κ1) is 22.0. The molecule has 2 aromatic rings. The standard InChI is InChI=1S/C25H29N3O4/c1-17-7-6-10-19(15-17)22-20(25(31)32-2)16-21(24(30)27-13-11-26-12-14-27)28(22)23(29)18-8-4-3-5-9-18/h3-10,15,20-22,26H,11-14,16H2,1-2H3. The molecule has 4 rings (SSSR count). The highest BCUT2D eigenvalue weighted by molar-refractivity contribution is 5.99. The number of nitrogens with one attached hydrogen (secondary N) is 1. The summed E-state index contributed by atoms with van der Waals surface area (Å²) in [6, 6.07) is 15.4. The monoisotopic (exact) mass is 435 g/mol. The van der Waals surface area contributed by atoms with Gasteiger partial charge in [0.15, 0.2) is 0 Å². The number of likely N-dealkylation sites (tertiary alicyclic amines) is 1. The highest BCUT2D eigenvalue weighted by Crippen LogP contribution is 2.43. The lowest BCUT2D eigenvalue weighted by molar-refractivity contribution is -0.146. The lowest BCUT2D eigenvalue weighted by Crippen LogP contribution is -2.53. The van der Waals surface area contributed by atoms with Gasteiger partial charge in [0, 0.05) is 31.7 Å². The van der Waals surface area contributed by atoms with E-state index in [9.17, 15) is 14.4 Å². The number of aryl methyl sites for hydroxylation is 1. The Morgan fingerprint density at radius 2 is 1.72 bits per heavy atom. The van der Waals surface area contributed by atoms with Gasteiger partial charge in [-0.3, -0.25) is 14.4 Å². The smallest absolute Gasteiger partial charge is 0.311 e. The predicted molar refractivity (Wildman–Crippen MR) is 120 cm³/mol. The summed E-state index contributed by atoms with van der Waals surface area (Å²) in [4.78, 5) is 43.6. The van der Waals surface area contributed by atoms with E-state index in [1.54, 1.807) is 34.1 Å². The molecule has 0 bridgehead atoms. The quantitative estimate of drug-likeness (QED) is 0.745. The van der Waals surface area contributed by atoms with Crippen molar-refractivity contribution in [1.29, 1.82) is 0 Å². The minimum atomic E-state index is -0.726. The van der Waals surface area contributed by atoms with Gasteiger partial charge in [0.2, 0.25) is 5.91 Å². The molecule has 0 radical (unpaired) electrons. The van der Waals surface area contributed by atoms with Crippen LogP contribution in [0, 0.1) is 12.8 Å². The highest BCUT2D eigenvalue weighted by Gasteiger charge is 2.51. The van der Waals surface area contributed by atoms with E-state index in [4.69, 9.17) is 4.74 Å². The molecule has 2 aliphatic rings. The van der Waals surface area contributed by atoms with E-state index in [-0.39, 0.29) is 18.2 Å². The predicted octanol–water partition coefficient (Wildman–Crippen LogP) is 2.17. The number of benzene rings is 2. The van der Waals surface area contributed by atoms with Crippen molar-refractivity contribution in [3.8, 4) is 0 Å². The molecule has 0 aromatic heterocycles. The summed E-state index contributed by atoms with van der Waals surface area (Å²) < 4.78 is 5.11. The normalized spacial score (nSPS) is 23.1. The van der Waals surface area contributed by atoms with Gasteiger partial charge < -0.3 is 19.9 Å². The number of hydrogen-bond acceptors (Lipinski definition) is 5. The Morgan fingerprint density at radius 1 is 1.00 bits per heavy atom. The van der Waals surface area contributed by atoms with Gasteiger partial charge in [-0.25, -0.2) is 0 Å². The topological polar surface area (TPSA) is 79.0 Å². The average molecular weight is 436 g/mol. The fourth-order valence-electron chi connectivity index (χ4n) is 4.81. The minimum Gasteiger partial charge on any atom is -0.469 e. The zero-order valence-electron chi connectivity index (χ0n) is 18.5. The third-order valence-corrected chi connectivity index (χ3v) is 6.35. The summed E-state index contributed by atoms with van der Waals surface area (Å²) >= 11 is 0. The molecule has 2 amide bonds. The van der Waals surface area contributed by atoms with Crippen LogP contribution in [0.4, 0.5) is 0 Å². The Bertz CT molecular complexity index is 988. The molecule has 168 valence electrons. The molecule has 2 saturated heterocycles. The largest absolute Gasteiger partial charge is 0.469 e. The zero-order valence-corrected chi connectivity index (χ0v) is 18.5. The number of amides is 2. The van der Waals surface area contributed by atoms with Gasteiger partial charge in [-0.05, 0) is 31.0 Å². The second kappa shape index (κ2) is 9.53. The number of nitrogens with zero attached hydrogens (tertiary/aromatic N) is 2. The molecule has 3 atom stereocenters. The number of esters is 1. The number of carbonyl (C=O) groups is 3. The van der Waals surface area contributed by atoms with Gasteiger partial charge in [-0.15, -0.1) is 0 Å². The maximum atomic E-state index is 13.8. The van der Waals surface area contributed by atoms with Crippen molar-refractivity contribution in [3.63, 3.8) is 0 Å². The molecule has 2 heterocycles. The molecule has 3 unspecified atom stereocenters. The van der Waals surface area contributed by atoms with Crippen LogP contribution < -0.4 is 5.32 Å². The fraction of sp³-hybridized carbons (Fsp3) is 0.400. The fourth-order valence-corrected chi connectivity index (χ4v) is 4.81. The molecule has 0 saturated carbocycles. The molecular weight excluding hydrogens is 406 g/mol. The minimum absolute atomic E-state index is 0.111. The van der Waals surface area contributed by atoms with Gasteiger partial charge in [0.1, 0.15) is 6.04 Å². The number of ether oxygens (including phenoxy) is 1. The third kappa shape index (κ3) is 4.25. The van der Waals surface area contributed by atoms with Crippen molar-refractivity contribution in [3.05, 3.63) is 71.3 Å². The summed E-state index contributed by atoms with van der Waals surface area (Å²) in [7, 11) is 1.35. The summed E-state index contributed by atoms with van der Waals surface area (Å²) in [5.74, 6) is -1.39. The molecule has 7 heteroatoms. The van der Waals surface area contributed by atoms with Crippen LogP contribution in [0.2, 0.25) is 0 Å². The van der Waals surface area contributed by atoms with Crippen LogP contribution in [0.1, 0.15) is 33.9 Å². The lowest BCUT2D eigenvalue weighted by atomic mass is 9.92. The van der Waals surface area contributed by atoms with E-state index < -0.39 is 24.0 Å². The number of hydrogen-bond donors (Lipinski definition) is 1. The van der Waals surface area contributed by atoms with E-state index in [1.807, 2.05) is 37.3 Å². The van der Waals surface area contributed by atoms with Crippen molar-refractivity contribution in [2.45, 2.75) is 25.4 Å². The maximum Gasteiger partial charge on any atom is 0.311 e. The van der Waals surface area contributed by atoms with Crippen LogP contribution in [0.15, 0.2) is 54.6 Å². The Balaban J connectivity index is 1.79. The Kier molecular flexibility index (Phi) is 6.55. The van der Waals surface area contributed by atoms with E-state index in [0.717, 1.165) is 11.1 Å². The molecule has 0 spiro atoms. The second-order valence-corrected chi connectivity index (χ2v) is 8.39. The first-order chi connectivity index (χ1) is 15.5. The van der Waals surface area contributed by atoms with Gasteiger partial charge in [0.05, 0.1) is 19.1 Å². The average Bonchev–Trinajstić information content (AvgIpc) is 3.24. The van der Waals surface area contributed by atoms with E-state index in [2.05, 4.69) is 5.32 Å². The van der Waals surface area contributed by atoms with Gasteiger partial charge in [-0.1, -0.05) is 48.0 Å². The first-order valence-electron chi connectivity index (χ1n) is 11.0. The van der Waals surface area contributed by atoms with Crippen LogP contribution in [-0.4, -0.2) is 66.9 Å². The first-order valence-corrected chi connectivity index (χ1v) is 11.0. The Labute approximate surface area is 188 Å². The van der Waals surface area contributed by atoms with Gasteiger partial charge in [-0.2, -0.15) is 0 Å². The van der Waals surface area contributed by atoms with Crippen molar-refractivity contribution in [2.75, 3.05) is 33.3 Å². The SMILES string of the molecule is COC(=O)C1CC(C(=O)N2CCNCC2)N(C(=O)c2ccccc2)C1c1cccc(C)c1.